The summed E-state index contributed by atoms with van der Waals surface area (Å²) < 4.78 is 5.55. The van der Waals surface area contributed by atoms with Crippen LogP contribution >= 0.6 is 0 Å². The Morgan fingerprint density at radius 2 is 1.58 bits per heavy atom. The van der Waals surface area contributed by atoms with E-state index in [0.717, 1.165) is 18.6 Å². The quantitative estimate of drug-likeness (QED) is 0.711. The Morgan fingerprint density at radius 3 is 2.11 bits per heavy atom. The molecule has 1 saturated carbocycles. The van der Waals surface area contributed by atoms with Crippen LogP contribution in [-0.2, 0) is 5.41 Å². The van der Waals surface area contributed by atoms with E-state index in [-0.39, 0.29) is 24.3 Å². The number of methoxy groups -OCH3 is 1. The molecule has 1 aromatic carbocycles. The summed E-state index contributed by atoms with van der Waals surface area (Å²) in [6, 6.07) is 8.38. The number of rotatable bonds is 5. The van der Waals surface area contributed by atoms with E-state index in [1.807, 2.05) is 6.07 Å². The molecular weight excluding hydrogens is 227 g/mol. The van der Waals surface area contributed by atoms with Crippen molar-refractivity contribution in [3.63, 3.8) is 0 Å². The molecule has 0 saturated heterocycles. The third-order valence-corrected chi connectivity index (χ3v) is 4.04. The van der Waals surface area contributed by atoms with Gasteiger partial charge in [0.15, 0.2) is 0 Å². The van der Waals surface area contributed by atoms with Crippen LogP contribution in [0.4, 0.5) is 0 Å². The van der Waals surface area contributed by atoms with E-state index >= 15 is 0 Å². The Kier molecular flexibility index (Phi) is 6.50. The van der Waals surface area contributed by atoms with Gasteiger partial charge in [0.1, 0.15) is 5.75 Å². The molecule has 0 bridgehead atoms. The van der Waals surface area contributed by atoms with E-state index in [0.29, 0.717) is 0 Å². The van der Waals surface area contributed by atoms with E-state index < -0.39 is 0 Å². The van der Waals surface area contributed by atoms with Crippen LogP contribution < -0.4 is 23.6 Å². The second-order valence-electron chi connectivity index (χ2n) is 4.66. The molecule has 5 radical (unpaired) electrons. The average Bonchev–Trinajstić information content (AvgIpc) is 2.96. The van der Waals surface area contributed by atoms with Gasteiger partial charge in [0.2, 0.25) is 0 Å². The van der Waals surface area contributed by atoms with E-state index in [2.05, 4.69) is 57.7 Å². The summed E-state index contributed by atoms with van der Waals surface area (Å²) in [5, 5.41) is 0. The molecule has 0 aromatic heterocycles. The van der Waals surface area contributed by atoms with E-state index in [4.69, 9.17) is 4.74 Å². The molecule has 0 amide bonds. The van der Waals surface area contributed by atoms with Crippen molar-refractivity contribution < 1.29 is 23.6 Å². The first-order chi connectivity index (χ1) is 8.78. The van der Waals surface area contributed by atoms with Gasteiger partial charge in [-0.2, -0.15) is 0 Å². The zero-order chi connectivity index (χ0) is 13.0. The Hall–Kier alpha value is -0.383. The third-order valence-electron chi connectivity index (χ3n) is 4.04. The van der Waals surface area contributed by atoms with Gasteiger partial charge in [0, 0.05) is 11.0 Å². The maximum Gasteiger partial charge on any atom is 1.00 e. The Balaban J connectivity index is 0.00000180. The molecule has 1 aliphatic rings. The first-order valence-electron chi connectivity index (χ1n) is 6.64. The van der Waals surface area contributed by atoms with Crippen molar-refractivity contribution >= 4 is 0 Å². The molecule has 2 heteroatoms. The summed E-state index contributed by atoms with van der Waals surface area (Å²) in [6.45, 7) is 4.51. The molecule has 0 heterocycles. The molecule has 95 valence electrons. The monoisotopic (exact) mass is 248 g/mol. The van der Waals surface area contributed by atoms with Gasteiger partial charge in [0.05, 0.1) is 7.11 Å². The standard InChI is InChI=1S/C17H21O.Li/c1-4-17(5-2,14-10-6-7-11-14)15-12-8-9-13-16(15)18-3;/h6-13H,4-5H2,1-3H3;/q;+1. The van der Waals surface area contributed by atoms with Crippen LogP contribution in [0.1, 0.15) is 32.3 Å². The fourth-order valence-electron chi connectivity index (χ4n) is 2.93. The molecule has 1 aliphatic carbocycles. The molecule has 1 fully saturated rings. The summed E-state index contributed by atoms with van der Waals surface area (Å²) in [5.74, 6) is 2.37. The van der Waals surface area contributed by atoms with Gasteiger partial charge < -0.3 is 4.74 Å². The van der Waals surface area contributed by atoms with Gasteiger partial charge in [0.25, 0.3) is 0 Å². The molecule has 0 unspecified atom stereocenters. The first-order valence-corrected chi connectivity index (χ1v) is 6.64. The zero-order valence-electron chi connectivity index (χ0n) is 12.4. The van der Waals surface area contributed by atoms with Crippen LogP contribution in [0.2, 0.25) is 0 Å². The van der Waals surface area contributed by atoms with Gasteiger partial charge in [-0.05, 0) is 50.5 Å². The van der Waals surface area contributed by atoms with Crippen molar-refractivity contribution in [1.29, 1.82) is 0 Å². The number of para-hydroxylation sites is 1. The fourth-order valence-corrected chi connectivity index (χ4v) is 2.93. The smallest absolute Gasteiger partial charge is 0.496 e. The molecule has 1 nitrogen and oxygen atoms in total. The summed E-state index contributed by atoms with van der Waals surface area (Å²) >= 11 is 0. The molecule has 0 atom stereocenters. The molecule has 0 N–H and O–H groups in total. The Bertz CT molecular complexity index is 379. The number of hydrogen-bond donors (Lipinski definition) is 0. The van der Waals surface area contributed by atoms with Crippen molar-refractivity contribution in [2.45, 2.75) is 32.1 Å². The van der Waals surface area contributed by atoms with Crippen LogP contribution in [0, 0.1) is 31.6 Å². The van der Waals surface area contributed by atoms with Gasteiger partial charge in [-0.3, -0.25) is 0 Å². The molecule has 1 aromatic rings. The predicted molar refractivity (Wildman–Crippen MR) is 75.7 cm³/mol. The van der Waals surface area contributed by atoms with Crippen molar-refractivity contribution in [3.8, 4) is 5.75 Å². The Morgan fingerprint density at radius 1 is 1.00 bits per heavy atom. The molecule has 0 spiro atoms. The first kappa shape index (κ1) is 16.7. The zero-order valence-corrected chi connectivity index (χ0v) is 12.4. The van der Waals surface area contributed by atoms with Crippen LogP contribution in [-0.4, -0.2) is 7.11 Å². The van der Waals surface area contributed by atoms with Gasteiger partial charge in [-0.25, -0.2) is 0 Å². The summed E-state index contributed by atoms with van der Waals surface area (Å²) in [7, 11) is 1.75. The number of hydrogen-bond acceptors (Lipinski definition) is 1. The molecular formula is C17H21LiO+. The van der Waals surface area contributed by atoms with Crippen LogP contribution in [0.25, 0.3) is 0 Å². The minimum atomic E-state index is 0. The average molecular weight is 248 g/mol. The van der Waals surface area contributed by atoms with Crippen LogP contribution in [0.3, 0.4) is 0 Å². The minimum absolute atomic E-state index is 0. The van der Waals surface area contributed by atoms with Gasteiger partial charge in [-0.15, -0.1) is 0 Å². The maximum atomic E-state index is 5.55. The van der Waals surface area contributed by atoms with Crippen LogP contribution in [0.5, 0.6) is 5.75 Å². The van der Waals surface area contributed by atoms with Crippen molar-refractivity contribution in [1.82, 2.24) is 0 Å². The normalized spacial score (nSPS) is 16.2. The second kappa shape index (κ2) is 7.41. The fraction of sp³-hybridized carbons (Fsp3) is 0.353. The van der Waals surface area contributed by atoms with E-state index in [1.165, 1.54) is 11.5 Å². The van der Waals surface area contributed by atoms with Crippen molar-refractivity contribution in [2.24, 2.45) is 0 Å². The summed E-state index contributed by atoms with van der Waals surface area (Å²) in [4.78, 5) is 0. The predicted octanol–water partition coefficient (Wildman–Crippen LogP) is 1.16. The van der Waals surface area contributed by atoms with Crippen molar-refractivity contribution in [3.05, 3.63) is 61.4 Å². The Labute approximate surface area is 130 Å². The minimum Gasteiger partial charge on any atom is -0.496 e. The number of ether oxygens (including phenoxy) is 1. The summed E-state index contributed by atoms with van der Waals surface area (Å²) in [5.41, 5.74) is 1.36. The van der Waals surface area contributed by atoms with E-state index in [1.54, 1.807) is 7.11 Å². The van der Waals surface area contributed by atoms with E-state index in [9.17, 15) is 0 Å². The number of benzene rings is 1. The van der Waals surface area contributed by atoms with Gasteiger partial charge >= 0.3 is 18.9 Å². The summed E-state index contributed by atoms with van der Waals surface area (Å²) in [6.07, 6.45) is 10.8. The van der Waals surface area contributed by atoms with Gasteiger partial charge in [-0.1, -0.05) is 32.0 Å². The maximum absolute atomic E-state index is 5.55. The SMILES string of the molecule is CCC(CC)([C]1[CH][CH][CH][CH]1)c1ccccc1OC.[Li+]. The molecule has 0 aliphatic heterocycles. The molecule has 2 rings (SSSR count). The largest absolute Gasteiger partial charge is 1.00 e. The van der Waals surface area contributed by atoms with Crippen molar-refractivity contribution in [2.75, 3.05) is 7.11 Å². The van der Waals surface area contributed by atoms with Crippen LogP contribution in [0.15, 0.2) is 24.3 Å². The third kappa shape index (κ3) is 3.04. The molecule has 19 heavy (non-hydrogen) atoms. The topological polar surface area (TPSA) is 9.23 Å². The second-order valence-corrected chi connectivity index (χ2v) is 4.66.